The van der Waals surface area contributed by atoms with Crippen LogP contribution in [0, 0.1) is 16.7 Å². The standard InChI is InChI=1S/C15H27O3P/c1-6-17-19(16,18-7-2)11-13-14(3,4)12-8-9-15(13,5)10-12/h11-12H,6-10H2,1-5H3/b13-11+/t12-,15+/m0/s1. The van der Waals surface area contributed by atoms with E-state index in [1.165, 1.54) is 24.8 Å². The summed E-state index contributed by atoms with van der Waals surface area (Å²) in [6.45, 7) is 11.4. The Balaban J connectivity index is 2.38. The van der Waals surface area contributed by atoms with E-state index in [1.807, 2.05) is 19.7 Å². The third-order valence-electron chi connectivity index (χ3n) is 5.01. The van der Waals surface area contributed by atoms with Crippen molar-refractivity contribution in [3.63, 3.8) is 0 Å². The van der Waals surface area contributed by atoms with Gasteiger partial charge in [-0.2, -0.15) is 0 Å². The lowest BCUT2D eigenvalue weighted by Crippen LogP contribution is -2.26. The van der Waals surface area contributed by atoms with Crippen molar-refractivity contribution in [2.75, 3.05) is 13.2 Å². The van der Waals surface area contributed by atoms with E-state index < -0.39 is 7.60 Å². The van der Waals surface area contributed by atoms with Crippen LogP contribution in [-0.2, 0) is 13.6 Å². The largest absolute Gasteiger partial charge is 0.354 e. The van der Waals surface area contributed by atoms with Crippen LogP contribution in [-0.4, -0.2) is 13.2 Å². The van der Waals surface area contributed by atoms with Crippen LogP contribution in [0.1, 0.15) is 53.9 Å². The van der Waals surface area contributed by atoms with E-state index in [2.05, 4.69) is 20.8 Å². The quantitative estimate of drug-likeness (QED) is 0.668. The topological polar surface area (TPSA) is 35.5 Å². The van der Waals surface area contributed by atoms with Crippen LogP contribution in [0.3, 0.4) is 0 Å². The summed E-state index contributed by atoms with van der Waals surface area (Å²) < 4.78 is 23.6. The van der Waals surface area contributed by atoms with E-state index >= 15 is 0 Å². The Morgan fingerprint density at radius 1 is 1.26 bits per heavy atom. The van der Waals surface area contributed by atoms with Gasteiger partial charge in [0.1, 0.15) is 0 Å². The molecule has 0 unspecified atom stereocenters. The molecule has 2 aliphatic rings. The first-order valence-electron chi connectivity index (χ1n) is 7.40. The first-order valence-corrected chi connectivity index (χ1v) is 9.01. The second kappa shape index (κ2) is 5.02. The molecule has 2 atom stereocenters. The molecule has 0 aromatic carbocycles. The number of fused-ring (bicyclic) bond motifs is 2. The van der Waals surface area contributed by atoms with Gasteiger partial charge in [0.15, 0.2) is 0 Å². The number of rotatable bonds is 5. The van der Waals surface area contributed by atoms with Crippen molar-refractivity contribution in [3.05, 3.63) is 11.4 Å². The molecule has 0 aliphatic heterocycles. The van der Waals surface area contributed by atoms with Gasteiger partial charge in [-0.1, -0.05) is 26.3 Å². The van der Waals surface area contributed by atoms with Gasteiger partial charge in [-0.25, -0.2) is 0 Å². The second-order valence-corrected chi connectivity index (χ2v) is 8.49. The molecule has 19 heavy (non-hydrogen) atoms. The molecule has 2 rings (SSSR count). The molecule has 0 saturated heterocycles. The maximum Gasteiger partial charge on any atom is 0.354 e. The SMILES string of the molecule is CCOP(=O)(/C=C1\C(C)(C)[C@H]2CC[C@]1(C)C2)OCC. The molecule has 3 nitrogen and oxygen atoms in total. The number of hydrogen-bond acceptors (Lipinski definition) is 3. The van der Waals surface area contributed by atoms with Gasteiger partial charge in [-0.3, -0.25) is 4.57 Å². The predicted molar refractivity (Wildman–Crippen MR) is 78.2 cm³/mol. The highest BCUT2D eigenvalue weighted by Crippen LogP contribution is 2.68. The van der Waals surface area contributed by atoms with Crippen LogP contribution in [0.25, 0.3) is 0 Å². The molecule has 0 N–H and O–H groups in total. The van der Waals surface area contributed by atoms with Gasteiger partial charge in [-0.15, -0.1) is 0 Å². The molecule has 0 radical (unpaired) electrons. The minimum absolute atomic E-state index is 0.122. The molecule has 0 spiro atoms. The molecule has 4 heteroatoms. The maximum atomic E-state index is 12.8. The summed E-state index contributed by atoms with van der Waals surface area (Å²) >= 11 is 0. The fourth-order valence-corrected chi connectivity index (χ4v) is 5.96. The van der Waals surface area contributed by atoms with E-state index in [4.69, 9.17) is 9.05 Å². The lowest BCUT2D eigenvalue weighted by Gasteiger charge is -2.37. The van der Waals surface area contributed by atoms with Gasteiger partial charge in [0, 0.05) is 5.82 Å². The molecular weight excluding hydrogens is 259 g/mol. The van der Waals surface area contributed by atoms with Crippen molar-refractivity contribution >= 4 is 7.60 Å². The molecule has 2 bridgehead atoms. The van der Waals surface area contributed by atoms with E-state index in [9.17, 15) is 4.57 Å². The Labute approximate surface area is 117 Å². The highest BCUT2D eigenvalue weighted by atomic mass is 31.2. The molecule has 0 aromatic heterocycles. The summed E-state index contributed by atoms with van der Waals surface area (Å²) in [5.41, 5.74) is 1.61. The van der Waals surface area contributed by atoms with Crippen LogP contribution in [0.5, 0.6) is 0 Å². The minimum Gasteiger partial charge on any atom is -0.306 e. The zero-order valence-corrected chi connectivity index (χ0v) is 13.8. The lowest BCUT2D eigenvalue weighted by atomic mass is 9.69. The average molecular weight is 286 g/mol. The monoisotopic (exact) mass is 286 g/mol. The third kappa shape index (κ3) is 2.57. The van der Waals surface area contributed by atoms with Gasteiger partial charge < -0.3 is 9.05 Å². The first kappa shape index (κ1) is 15.3. The van der Waals surface area contributed by atoms with Gasteiger partial charge >= 0.3 is 7.60 Å². The van der Waals surface area contributed by atoms with Gasteiger partial charge in [0.2, 0.25) is 0 Å². The molecule has 110 valence electrons. The number of hydrogen-bond donors (Lipinski definition) is 0. The molecule has 0 amide bonds. The zero-order valence-electron chi connectivity index (χ0n) is 12.9. The zero-order chi connectivity index (χ0) is 14.3. The molecular formula is C15H27O3P. The third-order valence-corrected chi connectivity index (χ3v) is 6.82. The van der Waals surface area contributed by atoms with Crippen LogP contribution < -0.4 is 0 Å². The van der Waals surface area contributed by atoms with Gasteiger partial charge in [-0.05, 0) is 49.9 Å². The molecule has 2 saturated carbocycles. The summed E-state index contributed by atoms with van der Waals surface area (Å²) in [4.78, 5) is 0. The lowest BCUT2D eigenvalue weighted by molar-refractivity contribution is 0.225. The number of allylic oxidation sites excluding steroid dienone is 1. The fourth-order valence-electron chi connectivity index (χ4n) is 4.05. The van der Waals surface area contributed by atoms with Gasteiger partial charge in [0.25, 0.3) is 0 Å². The van der Waals surface area contributed by atoms with Gasteiger partial charge in [0.05, 0.1) is 13.2 Å². The molecule has 0 aromatic rings. The van der Waals surface area contributed by atoms with E-state index in [1.54, 1.807) is 0 Å². The normalized spacial score (nSPS) is 35.2. The second-order valence-electron chi connectivity index (χ2n) is 6.64. The van der Waals surface area contributed by atoms with Crippen molar-refractivity contribution in [3.8, 4) is 0 Å². The van der Waals surface area contributed by atoms with Crippen LogP contribution in [0.4, 0.5) is 0 Å². The summed E-state index contributed by atoms with van der Waals surface area (Å²) in [5.74, 6) is 2.56. The van der Waals surface area contributed by atoms with Crippen molar-refractivity contribution in [2.45, 2.75) is 53.9 Å². The predicted octanol–water partition coefficient (Wildman–Crippen LogP) is 4.98. The highest BCUT2D eigenvalue weighted by Gasteiger charge is 2.56. The molecule has 0 heterocycles. The summed E-state index contributed by atoms with van der Waals surface area (Å²) in [6.07, 6.45) is 3.70. The summed E-state index contributed by atoms with van der Waals surface area (Å²) in [6, 6.07) is 0. The first-order chi connectivity index (χ1) is 8.77. The van der Waals surface area contributed by atoms with E-state index in [-0.39, 0.29) is 10.8 Å². The minimum atomic E-state index is -3.08. The Kier molecular flexibility index (Phi) is 4.04. The summed E-state index contributed by atoms with van der Waals surface area (Å²) in [5, 5.41) is 0. The van der Waals surface area contributed by atoms with E-state index in [0.29, 0.717) is 19.1 Å². The smallest absolute Gasteiger partial charge is 0.306 e. The average Bonchev–Trinajstić information content (AvgIpc) is 2.77. The van der Waals surface area contributed by atoms with Crippen LogP contribution in [0.15, 0.2) is 11.4 Å². The molecule has 2 fully saturated rings. The summed E-state index contributed by atoms with van der Waals surface area (Å²) in [7, 11) is -3.08. The van der Waals surface area contributed by atoms with E-state index in [0.717, 1.165) is 0 Å². The Bertz CT molecular complexity index is 410. The van der Waals surface area contributed by atoms with Crippen molar-refractivity contribution < 1.29 is 13.6 Å². The Morgan fingerprint density at radius 3 is 2.26 bits per heavy atom. The van der Waals surface area contributed by atoms with Crippen molar-refractivity contribution in [1.82, 2.24) is 0 Å². The maximum absolute atomic E-state index is 12.8. The Hall–Kier alpha value is -0.110. The van der Waals surface area contributed by atoms with Crippen LogP contribution in [0.2, 0.25) is 0 Å². The Morgan fingerprint density at radius 2 is 1.84 bits per heavy atom. The van der Waals surface area contributed by atoms with Crippen molar-refractivity contribution in [1.29, 1.82) is 0 Å². The molecule has 2 aliphatic carbocycles. The fraction of sp³-hybridized carbons (Fsp3) is 0.867. The highest BCUT2D eigenvalue weighted by molar-refractivity contribution is 7.57. The van der Waals surface area contributed by atoms with Crippen molar-refractivity contribution in [2.24, 2.45) is 16.7 Å². The van der Waals surface area contributed by atoms with Crippen LogP contribution >= 0.6 is 7.60 Å².